The van der Waals surface area contributed by atoms with Crippen LogP contribution < -0.4 is 0 Å². The SMILES string of the molecule is O=C1N=C2C=CC(Cl)=CC2C(c2ccccc2)=C1Sc1ccc(Cl)cc1. The molecule has 128 valence electrons. The molecular weight excluding hydrogens is 385 g/mol. The van der Waals surface area contributed by atoms with Crippen LogP contribution >= 0.6 is 35.0 Å². The monoisotopic (exact) mass is 397 g/mol. The van der Waals surface area contributed by atoms with Crippen molar-refractivity contribution in [3.63, 3.8) is 0 Å². The molecule has 0 saturated heterocycles. The predicted octanol–water partition coefficient (Wildman–Crippen LogP) is 6.13. The van der Waals surface area contributed by atoms with Crippen LogP contribution in [0.5, 0.6) is 0 Å². The van der Waals surface area contributed by atoms with E-state index < -0.39 is 0 Å². The summed E-state index contributed by atoms with van der Waals surface area (Å²) in [7, 11) is 0. The lowest BCUT2D eigenvalue weighted by molar-refractivity contribution is -0.113. The maximum Gasteiger partial charge on any atom is 0.284 e. The average Bonchev–Trinajstić information content (AvgIpc) is 2.65. The molecule has 0 bridgehead atoms. The van der Waals surface area contributed by atoms with Crippen LogP contribution in [-0.4, -0.2) is 11.6 Å². The molecule has 2 aliphatic rings. The van der Waals surface area contributed by atoms with E-state index in [0.717, 1.165) is 21.7 Å². The molecule has 0 fully saturated rings. The summed E-state index contributed by atoms with van der Waals surface area (Å²) in [5.41, 5.74) is 2.65. The molecule has 0 spiro atoms. The summed E-state index contributed by atoms with van der Waals surface area (Å²) in [4.78, 5) is 18.6. The van der Waals surface area contributed by atoms with E-state index >= 15 is 0 Å². The van der Waals surface area contributed by atoms with E-state index in [2.05, 4.69) is 4.99 Å². The Morgan fingerprint density at radius 3 is 2.38 bits per heavy atom. The Morgan fingerprint density at radius 1 is 0.923 bits per heavy atom. The fraction of sp³-hybridized carbons (Fsp3) is 0.0476. The zero-order valence-electron chi connectivity index (χ0n) is 13.5. The first-order valence-corrected chi connectivity index (χ1v) is 9.60. The van der Waals surface area contributed by atoms with E-state index in [1.165, 1.54) is 11.8 Å². The van der Waals surface area contributed by atoms with Crippen molar-refractivity contribution in [3.05, 3.63) is 93.3 Å². The van der Waals surface area contributed by atoms with Crippen molar-refractivity contribution in [2.45, 2.75) is 4.90 Å². The number of dihydropyridines is 1. The number of nitrogens with zero attached hydrogens (tertiary/aromatic N) is 1. The first kappa shape index (κ1) is 17.3. The third-order valence-corrected chi connectivity index (χ3v) is 5.77. The summed E-state index contributed by atoms with van der Waals surface area (Å²) >= 11 is 13.6. The van der Waals surface area contributed by atoms with E-state index in [1.54, 1.807) is 6.08 Å². The van der Waals surface area contributed by atoms with Gasteiger partial charge in [-0.05, 0) is 47.6 Å². The third kappa shape index (κ3) is 3.43. The number of fused-ring (bicyclic) bond motifs is 1. The smallest absolute Gasteiger partial charge is 0.266 e. The maximum atomic E-state index is 12.8. The van der Waals surface area contributed by atoms with Crippen LogP contribution in [0.15, 0.2) is 92.7 Å². The number of amides is 1. The average molecular weight is 398 g/mol. The second kappa shape index (κ2) is 7.28. The number of hydrogen-bond donors (Lipinski definition) is 0. The van der Waals surface area contributed by atoms with Gasteiger partial charge in [-0.25, -0.2) is 4.99 Å². The highest BCUT2D eigenvalue weighted by molar-refractivity contribution is 8.04. The van der Waals surface area contributed by atoms with Crippen LogP contribution in [0.4, 0.5) is 0 Å². The molecule has 2 nitrogen and oxygen atoms in total. The van der Waals surface area contributed by atoms with Gasteiger partial charge in [-0.2, -0.15) is 0 Å². The topological polar surface area (TPSA) is 29.4 Å². The molecular formula is C21H13Cl2NOS. The highest BCUT2D eigenvalue weighted by Crippen LogP contribution is 2.43. The molecule has 0 radical (unpaired) electrons. The van der Waals surface area contributed by atoms with E-state index in [1.807, 2.05) is 66.7 Å². The highest BCUT2D eigenvalue weighted by Gasteiger charge is 2.32. The maximum absolute atomic E-state index is 12.8. The number of allylic oxidation sites excluding steroid dienone is 5. The van der Waals surface area contributed by atoms with Gasteiger partial charge in [-0.3, -0.25) is 4.79 Å². The number of thioether (sulfide) groups is 1. The van der Waals surface area contributed by atoms with Crippen molar-refractivity contribution in [2.75, 3.05) is 0 Å². The molecule has 1 atom stereocenters. The minimum atomic E-state index is -0.230. The van der Waals surface area contributed by atoms with Crippen molar-refractivity contribution in [1.82, 2.24) is 0 Å². The molecule has 26 heavy (non-hydrogen) atoms. The van der Waals surface area contributed by atoms with E-state index in [0.29, 0.717) is 15.0 Å². The molecule has 1 heterocycles. The Morgan fingerprint density at radius 2 is 1.65 bits per heavy atom. The van der Waals surface area contributed by atoms with Gasteiger partial charge in [0.1, 0.15) is 0 Å². The lowest BCUT2D eigenvalue weighted by Gasteiger charge is -2.27. The van der Waals surface area contributed by atoms with E-state index in [4.69, 9.17) is 23.2 Å². The molecule has 0 aromatic heterocycles. The van der Waals surface area contributed by atoms with E-state index in [9.17, 15) is 4.79 Å². The Hall–Kier alpha value is -2.07. The summed E-state index contributed by atoms with van der Waals surface area (Å²) in [6.45, 7) is 0. The first-order chi connectivity index (χ1) is 12.6. The number of rotatable bonds is 3. The highest BCUT2D eigenvalue weighted by atomic mass is 35.5. The molecule has 1 aliphatic heterocycles. The standard InChI is InChI=1S/C21H13Cl2NOS/c22-14-6-9-16(10-7-14)26-20-19(13-4-2-1-3-5-13)17-12-15(23)8-11-18(17)24-21(20)25/h1-12,17H. The molecule has 1 unspecified atom stereocenters. The summed E-state index contributed by atoms with van der Waals surface area (Å²) in [6, 6.07) is 17.3. The van der Waals surface area contributed by atoms with Gasteiger partial charge in [0.2, 0.25) is 0 Å². The van der Waals surface area contributed by atoms with Gasteiger partial charge in [0.25, 0.3) is 5.91 Å². The van der Waals surface area contributed by atoms with Gasteiger partial charge < -0.3 is 0 Å². The zero-order chi connectivity index (χ0) is 18.1. The molecule has 2 aromatic rings. The molecule has 0 N–H and O–H groups in total. The van der Waals surface area contributed by atoms with Gasteiger partial charge >= 0.3 is 0 Å². The normalized spacial score (nSPS) is 19.2. The van der Waals surface area contributed by atoms with Gasteiger partial charge in [0.05, 0.1) is 10.6 Å². The lowest BCUT2D eigenvalue weighted by Crippen LogP contribution is -2.23. The fourth-order valence-corrected chi connectivity index (χ4v) is 4.29. The zero-order valence-corrected chi connectivity index (χ0v) is 15.9. The minimum Gasteiger partial charge on any atom is -0.266 e. The lowest BCUT2D eigenvalue weighted by atomic mass is 9.84. The van der Waals surface area contributed by atoms with Crippen molar-refractivity contribution in [1.29, 1.82) is 0 Å². The molecule has 1 aliphatic carbocycles. The minimum absolute atomic E-state index is 0.137. The van der Waals surface area contributed by atoms with Crippen LogP contribution in [0.3, 0.4) is 0 Å². The van der Waals surface area contributed by atoms with Gasteiger partial charge in [0.15, 0.2) is 0 Å². The predicted molar refractivity (Wildman–Crippen MR) is 110 cm³/mol. The van der Waals surface area contributed by atoms with Crippen molar-refractivity contribution >= 4 is 52.2 Å². The first-order valence-electron chi connectivity index (χ1n) is 8.03. The number of carbonyl (C=O) groups is 1. The molecule has 5 heteroatoms. The van der Waals surface area contributed by atoms with Crippen LogP contribution in [0, 0.1) is 5.92 Å². The van der Waals surface area contributed by atoms with Crippen LogP contribution in [-0.2, 0) is 4.79 Å². The van der Waals surface area contributed by atoms with E-state index in [-0.39, 0.29) is 11.8 Å². The van der Waals surface area contributed by atoms with Gasteiger partial charge in [-0.15, -0.1) is 0 Å². The number of halogens is 2. The quantitative estimate of drug-likeness (QED) is 0.622. The largest absolute Gasteiger partial charge is 0.284 e. The fourth-order valence-electron chi connectivity index (χ4n) is 2.98. The Kier molecular flexibility index (Phi) is 4.86. The van der Waals surface area contributed by atoms with Crippen LogP contribution in [0.1, 0.15) is 5.56 Å². The van der Waals surface area contributed by atoms with Crippen LogP contribution in [0.2, 0.25) is 5.02 Å². The number of hydrogen-bond acceptors (Lipinski definition) is 2. The molecule has 1 amide bonds. The number of aliphatic imine (C=N–C) groups is 1. The number of benzene rings is 2. The van der Waals surface area contributed by atoms with Crippen molar-refractivity contribution in [2.24, 2.45) is 10.9 Å². The summed E-state index contributed by atoms with van der Waals surface area (Å²) in [6.07, 6.45) is 5.53. The third-order valence-electron chi connectivity index (χ3n) is 4.16. The molecule has 4 rings (SSSR count). The summed E-state index contributed by atoms with van der Waals surface area (Å²) < 4.78 is 0. The molecule has 2 aromatic carbocycles. The Bertz CT molecular complexity index is 988. The second-order valence-corrected chi connectivity index (χ2v) is 7.83. The summed E-state index contributed by atoms with van der Waals surface area (Å²) in [5, 5.41) is 1.31. The second-order valence-electron chi connectivity index (χ2n) is 5.87. The number of carbonyl (C=O) groups excluding carboxylic acids is 1. The van der Waals surface area contributed by atoms with Crippen LogP contribution in [0.25, 0.3) is 5.57 Å². The van der Waals surface area contributed by atoms with Gasteiger partial charge in [0, 0.05) is 20.9 Å². The molecule has 0 saturated carbocycles. The van der Waals surface area contributed by atoms with Crippen molar-refractivity contribution in [3.8, 4) is 0 Å². The summed E-state index contributed by atoms with van der Waals surface area (Å²) in [5.74, 6) is -0.367. The Balaban J connectivity index is 1.86. The Labute approximate surface area is 165 Å². The van der Waals surface area contributed by atoms with Gasteiger partial charge in [-0.1, -0.05) is 71.4 Å². The van der Waals surface area contributed by atoms with Crippen molar-refractivity contribution < 1.29 is 4.79 Å².